The number of imidazole rings is 1. The summed E-state index contributed by atoms with van der Waals surface area (Å²) in [5.41, 5.74) is 5.68. The standard InChI is InChI=1S/C31H35ClN8O/c1-38(2)24-8-9-39(17-24)27-11-21(19-6-7-19)15-40-16-23(36-30(27)40)14-33-28-13-29(35-18-34-28)37-31(41)26-12-25(26)20-4-3-5-22(32)10-20/h3-5,10-11,13,15-16,18-19,24-26H,6-9,12,14,17H2,1-2H3,(H2,33,34,35,37,41)/t24-,25+,26-/m0/s1. The van der Waals surface area contributed by atoms with E-state index in [0.717, 1.165) is 42.8 Å². The molecule has 41 heavy (non-hydrogen) atoms. The molecule has 3 aromatic heterocycles. The molecule has 4 heterocycles. The number of hydrogen-bond acceptors (Lipinski definition) is 7. The number of halogens is 1. The third-order valence-electron chi connectivity index (χ3n) is 8.66. The molecule has 2 aliphatic carbocycles. The molecule has 10 heteroatoms. The van der Waals surface area contributed by atoms with Crippen molar-refractivity contribution in [3.05, 3.63) is 77.0 Å². The van der Waals surface area contributed by atoms with Crippen molar-refractivity contribution >= 4 is 40.5 Å². The average Bonchev–Trinajstić information content (AvgIpc) is 3.87. The van der Waals surface area contributed by atoms with Gasteiger partial charge >= 0.3 is 0 Å². The Balaban J connectivity index is 1.03. The minimum atomic E-state index is -0.0730. The van der Waals surface area contributed by atoms with E-state index in [1.54, 1.807) is 6.07 Å². The molecular weight excluding hydrogens is 536 g/mol. The van der Waals surface area contributed by atoms with Gasteiger partial charge in [0.05, 0.1) is 17.9 Å². The van der Waals surface area contributed by atoms with Crippen LogP contribution in [0.15, 0.2) is 55.1 Å². The minimum Gasteiger partial charge on any atom is -0.367 e. The number of rotatable bonds is 9. The maximum Gasteiger partial charge on any atom is 0.229 e. The van der Waals surface area contributed by atoms with Crippen LogP contribution in [-0.4, -0.2) is 63.4 Å². The highest BCUT2D eigenvalue weighted by Gasteiger charge is 2.44. The van der Waals surface area contributed by atoms with Gasteiger partial charge in [-0.15, -0.1) is 0 Å². The summed E-state index contributed by atoms with van der Waals surface area (Å²) >= 11 is 6.13. The fourth-order valence-corrected chi connectivity index (χ4v) is 6.20. The number of carbonyl (C=O) groups excluding carboxylic acids is 1. The Bertz CT molecular complexity index is 1600. The lowest BCUT2D eigenvalue weighted by atomic mass is 10.1. The number of nitrogens with one attached hydrogen (secondary N) is 2. The van der Waals surface area contributed by atoms with Crippen molar-refractivity contribution < 1.29 is 4.79 Å². The Morgan fingerprint density at radius 1 is 1.07 bits per heavy atom. The number of amides is 1. The second-order valence-electron chi connectivity index (χ2n) is 11.9. The van der Waals surface area contributed by atoms with E-state index in [2.05, 4.69) is 67.4 Å². The molecule has 7 rings (SSSR count). The molecule has 0 unspecified atom stereocenters. The molecule has 1 aromatic carbocycles. The summed E-state index contributed by atoms with van der Waals surface area (Å²) in [5, 5.41) is 7.02. The monoisotopic (exact) mass is 570 g/mol. The lowest BCUT2D eigenvalue weighted by Crippen LogP contribution is -2.31. The third kappa shape index (κ3) is 5.61. The van der Waals surface area contributed by atoms with E-state index in [1.807, 2.05) is 24.3 Å². The lowest BCUT2D eigenvalue weighted by molar-refractivity contribution is -0.117. The van der Waals surface area contributed by atoms with Gasteiger partial charge in [-0.25, -0.2) is 15.0 Å². The highest BCUT2D eigenvalue weighted by atomic mass is 35.5. The largest absolute Gasteiger partial charge is 0.367 e. The number of benzene rings is 1. The minimum absolute atomic E-state index is 0.0302. The summed E-state index contributed by atoms with van der Waals surface area (Å²) in [5.74, 6) is 1.89. The van der Waals surface area contributed by atoms with Gasteiger partial charge < -0.3 is 24.8 Å². The molecule has 1 saturated heterocycles. The molecule has 212 valence electrons. The molecule has 3 fully saturated rings. The smallest absolute Gasteiger partial charge is 0.229 e. The summed E-state index contributed by atoms with van der Waals surface area (Å²) in [6.45, 7) is 2.58. The second-order valence-corrected chi connectivity index (χ2v) is 12.3. The van der Waals surface area contributed by atoms with Gasteiger partial charge in [-0.1, -0.05) is 23.7 Å². The van der Waals surface area contributed by atoms with Crippen molar-refractivity contribution in [2.45, 2.75) is 50.1 Å². The lowest BCUT2D eigenvalue weighted by Gasteiger charge is -2.22. The van der Waals surface area contributed by atoms with Gasteiger partial charge in [0, 0.05) is 48.5 Å². The van der Waals surface area contributed by atoms with Crippen LogP contribution in [0.3, 0.4) is 0 Å². The Kier molecular flexibility index (Phi) is 6.79. The Morgan fingerprint density at radius 3 is 2.71 bits per heavy atom. The SMILES string of the molecule is CN(C)[C@H]1CCN(c2cc(C3CC3)cn3cc(CNc4cc(NC(=O)[C@H]5C[C@@H]5c5cccc(Cl)c5)ncn4)nc23)C1. The topological polar surface area (TPSA) is 90.7 Å². The first-order valence-electron chi connectivity index (χ1n) is 14.5. The van der Waals surface area contributed by atoms with Crippen LogP contribution >= 0.6 is 11.6 Å². The highest BCUT2D eigenvalue weighted by Crippen LogP contribution is 2.48. The molecule has 4 aromatic rings. The van der Waals surface area contributed by atoms with Crippen LogP contribution in [0, 0.1) is 5.92 Å². The first-order valence-corrected chi connectivity index (χ1v) is 14.8. The van der Waals surface area contributed by atoms with Crippen molar-refractivity contribution in [3.63, 3.8) is 0 Å². The van der Waals surface area contributed by atoms with Gasteiger partial charge in [0.15, 0.2) is 5.65 Å². The normalized spacial score (nSPS) is 22.0. The van der Waals surface area contributed by atoms with Crippen molar-refractivity contribution in [1.82, 2.24) is 24.3 Å². The fourth-order valence-electron chi connectivity index (χ4n) is 6.01. The van der Waals surface area contributed by atoms with Crippen LogP contribution < -0.4 is 15.5 Å². The molecule has 9 nitrogen and oxygen atoms in total. The molecule has 2 saturated carbocycles. The molecule has 3 aliphatic rings. The number of likely N-dealkylation sites (N-methyl/N-ethyl adjacent to an activating group) is 1. The quantitative estimate of drug-likeness (QED) is 0.287. The van der Waals surface area contributed by atoms with Crippen molar-refractivity contribution in [2.24, 2.45) is 5.92 Å². The van der Waals surface area contributed by atoms with Gasteiger partial charge in [-0.3, -0.25) is 4.79 Å². The van der Waals surface area contributed by atoms with Gasteiger partial charge in [-0.2, -0.15) is 0 Å². The molecule has 0 bridgehead atoms. The van der Waals surface area contributed by atoms with Crippen LogP contribution in [0.25, 0.3) is 5.65 Å². The molecule has 1 aliphatic heterocycles. The van der Waals surface area contributed by atoms with Gasteiger partial charge in [0.2, 0.25) is 5.91 Å². The van der Waals surface area contributed by atoms with E-state index in [9.17, 15) is 4.79 Å². The predicted molar refractivity (Wildman–Crippen MR) is 162 cm³/mol. The Morgan fingerprint density at radius 2 is 1.93 bits per heavy atom. The zero-order valence-corrected chi connectivity index (χ0v) is 24.2. The van der Waals surface area contributed by atoms with Crippen LogP contribution in [0.4, 0.5) is 17.3 Å². The molecule has 3 atom stereocenters. The van der Waals surface area contributed by atoms with Crippen molar-refractivity contribution in [3.8, 4) is 0 Å². The predicted octanol–water partition coefficient (Wildman–Crippen LogP) is 5.15. The second kappa shape index (κ2) is 10.6. The first-order chi connectivity index (χ1) is 19.9. The van der Waals surface area contributed by atoms with E-state index < -0.39 is 0 Å². The average molecular weight is 571 g/mol. The van der Waals surface area contributed by atoms with E-state index in [-0.39, 0.29) is 17.7 Å². The Labute approximate surface area is 244 Å². The van der Waals surface area contributed by atoms with Gasteiger partial charge in [-0.05, 0) is 80.9 Å². The number of aromatic nitrogens is 4. The van der Waals surface area contributed by atoms with E-state index in [1.165, 1.54) is 30.4 Å². The summed E-state index contributed by atoms with van der Waals surface area (Å²) in [7, 11) is 4.33. The highest BCUT2D eigenvalue weighted by molar-refractivity contribution is 6.30. The zero-order chi connectivity index (χ0) is 28.1. The summed E-state index contributed by atoms with van der Waals surface area (Å²) in [6, 6.07) is 12.4. The maximum atomic E-state index is 12.9. The van der Waals surface area contributed by atoms with Crippen LogP contribution in [0.2, 0.25) is 5.02 Å². The number of pyridine rings is 1. The van der Waals surface area contributed by atoms with E-state index in [0.29, 0.717) is 35.2 Å². The van der Waals surface area contributed by atoms with Gasteiger partial charge in [0.25, 0.3) is 0 Å². The summed E-state index contributed by atoms with van der Waals surface area (Å²) in [6.07, 6.45) is 10.3. The molecule has 0 radical (unpaired) electrons. The fraction of sp³-hybridized carbons (Fsp3) is 0.419. The van der Waals surface area contributed by atoms with Crippen LogP contribution in [-0.2, 0) is 11.3 Å². The number of nitrogens with zero attached hydrogens (tertiary/aromatic N) is 6. The number of hydrogen-bond donors (Lipinski definition) is 2. The maximum absolute atomic E-state index is 12.9. The Hall–Kier alpha value is -3.69. The summed E-state index contributed by atoms with van der Waals surface area (Å²) < 4.78 is 2.20. The van der Waals surface area contributed by atoms with E-state index in [4.69, 9.17) is 16.6 Å². The third-order valence-corrected chi connectivity index (χ3v) is 8.89. The molecule has 2 N–H and O–H groups in total. The van der Waals surface area contributed by atoms with Crippen LogP contribution in [0.1, 0.15) is 54.3 Å². The summed E-state index contributed by atoms with van der Waals surface area (Å²) in [4.78, 5) is 31.3. The number of anilines is 3. The molecular formula is C31H35ClN8O. The van der Waals surface area contributed by atoms with Crippen molar-refractivity contribution in [1.29, 1.82) is 0 Å². The van der Waals surface area contributed by atoms with Crippen molar-refractivity contribution in [2.75, 3.05) is 42.7 Å². The molecule has 1 amide bonds. The molecule has 0 spiro atoms. The van der Waals surface area contributed by atoms with E-state index >= 15 is 0 Å². The van der Waals surface area contributed by atoms with Crippen LogP contribution in [0.5, 0.6) is 0 Å². The zero-order valence-electron chi connectivity index (χ0n) is 23.4. The number of fused-ring (bicyclic) bond motifs is 1. The number of carbonyl (C=O) groups is 1. The van der Waals surface area contributed by atoms with Gasteiger partial charge in [0.1, 0.15) is 18.0 Å². The first kappa shape index (κ1) is 26.2.